The SMILES string of the molecule is NC(=O)CCCCNCc1ccc(C(=O)O)cc1. The first-order valence-corrected chi connectivity index (χ1v) is 5.91. The first-order chi connectivity index (χ1) is 8.59. The lowest BCUT2D eigenvalue weighted by Gasteiger charge is -2.04. The third-order valence-corrected chi connectivity index (χ3v) is 2.56. The van der Waals surface area contributed by atoms with E-state index >= 15 is 0 Å². The van der Waals surface area contributed by atoms with Gasteiger partial charge in [-0.05, 0) is 37.1 Å². The maximum absolute atomic E-state index is 10.6. The lowest BCUT2D eigenvalue weighted by molar-refractivity contribution is -0.118. The minimum absolute atomic E-state index is 0.265. The molecule has 0 radical (unpaired) electrons. The summed E-state index contributed by atoms with van der Waals surface area (Å²) in [6.45, 7) is 1.50. The van der Waals surface area contributed by atoms with Crippen molar-refractivity contribution in [1.29, 1.82) is 0 Å². The van der Waals surface area contributed by atoms with Gasteiger partial charge in [0.2, 0.25) is 5.91 Å². The fraction of sp³-hybridized carbons (Fsp3) is 0.385. The number of unbranched alkanes of at least 4 members (excludes halogenated alkanes) is 1. The molecule has 0 aliphatic heterocycles. The standard InChI is InChI=1S/C13H18N2O3/c14-12(16)3-1-2-8-15-9-10-4-6-11(7-5-10)13(17)18/h4-7,15H,1-3,8-9H2,(H2,14,16)(H,17,18). The number of primary amides is 1. The number of rotatable bonds is 8. The fourth-order valence-electron chi connectivity index (χ4n) is 1.55. The molecule has 4 N–H and O–H groups in total. The van der Waals surface area contributed by atoms with E-state index in [0.717, 1.165) is 24.9 Å². The van der Waals surface area contributed by atoms with E-state index in [0.29, 0.717) is 18.5 Å². The van der Waals surface area contributed by atoms with E-state index in [1.165, 1.54) is 0 Å². The van der Waals surface area contributed by atoms with Gasteiger partial charge in [-0.2, -0.15) is 0 Å². The van der Waals surface area contributed by atoms with Gasteiger partial charge in [-0.25, -0.2) is 4.79 Å². The Labute approximate surface area is 106 Å². The molecule has 0 fully saturated rings. The predicted molar refractivity (Wildman–Crippen MR) is 68.2 cm³/mol. The highest BCUT2D eigenvalue weighted by Crippen LogP contribution is 2.04. The van der Waals surface area contributed by atoms with Crippen LogP contribution in [0.5, 0.6) is 0 Å². The van der Waals surface area contributed by atoms with E-state index < -0.39 is 5.97 Å². The number of nitrogens with two attached hydrogens (primary N) is 1. The minimum Gasteiger partial charge on any atom is -0.478 e. The van der Waals surface area contributed by atoms with Crippen molar-refractivity contribution < 1.29 is 14.7 Å². The van der Waals surface area contributed by atoms with Crippen LogP contribution in [0.3, 0.4) is 0 Å². The number of carboxylic acids is 1. The summed E-state index contributed by atoms with van der Waals surface area (Å²) < 4.78 is 0. The Morgan fingerprint density at radius 1 is 1.17 bits per heavy atom. The maximum Gasteiger partial charge on any atom is 0.335 e. The Morgan fingerprint density at radius 2 is 1.83 bits per heavy atom. The van der Waals surface area contributed by atoms with E-state index in [1.807, 2.05) is 0 Å². The summed E-state index contributed by atoms with van der Waals surface area (Å²) in [6.07, 6.45) is 2.12. The molecule has 0 bridgehead atoms. The van der Waals surface area contributed by atoms with Crippen molar-refractivity contribution in [2.45, 2.75) is 25.8 Å². The molecule has 1 amide bonds. The van der Waals surface area contributed by atoms with E-state index in [1.54, 1.807) is 24.3 Å². The molecule has 5 nitrogen and oxygen atoms in total. The van der Waals surface area contributed by atoms with Gasteiger partial charge in [-0.1, -0.05) is 12.1 Å². The smallest absolute Gasteiger partial charge is 0.335 e. The zero-order valence-corrected chi connectivity index (χ0v) is 10.2. The van der Waals surface area contributed by atoms with Crippen molar-refractivity contribution in [1.82, 2.24) is 5.32 Å². The zero-order valence-electron chi connectivity index (χ0n) is 10.2. The van der Waals surface area contributed by atoms with Crippen LogP contribution in [0.15, 0.2) is 24.3 Å². The Kier molecular flexibility index (Phi) is 5.87. The number of aromatic carboxylic acids is 1. The summed E-state index contributed by atoms with van der Waals surface area (Å²) in [4.78, 5) is 21.1. The summed E-state index contributed by atoms with van der Waals surface area (Å²) in [5.41, 5.74) is 6.36. The van der Waals surface area contributed by atoms with Crippen molar-refractivity contribution in [3.05, 3.63) is 35.4 Å². The van der Waals surface area contributed by atoms with Crippen LogP contribution >= 0.6 is 0 Å². The first kappa shape index (κ1) is 14.2. The van der Waals surface area contributed by atoms with Gasteiger partial charge < -0.3 is 16.2 Å². The topological polar surface area (TPSA) is 92.4 Å². The van der Waals surface area contributed by atoms with Gasteiger partial charge in [0, 0.05) is 13.0 Å². The number of hydrogen-bond donors (Lipinski definition) is 3. The lowest BCUT2D eigenvalue weighted by atomic mass is 10.1. The number of carbonyl (C=O) groups excluding carboxylic acids is 1. The molecule has 0 spiro atoms. The van der Waals surface area contributed by atoms with Crippen molar-refractivity contribution in [3.63, 3.8) is 0 Å². The van der Waals surface area contributed by atoms with Gasteiger partial charge in [0.05, 0.1) is 5.56 Å². The number of nitrogens with one attached hydrogen (secondary N) is 1. The van der Waals surface area contributed by atoms with Gasteiger partial charge >= 0.3 is 5.97 Å². The lowest BCUT2D eigenvalue weighted by Crippen LogP contribution is -2.16. The summed E-state index contributed by atoms with van der Waals surface area (Å²) in [6, 6.07) is 6.76. The number of carbonyl (C=O) groups is 2. The average molecular weight is 250 g/mol. The molecule has 1 rings (SSSR count). The molecule has 0 unspecified atom stereocenters. The van der Waals surface area contributed by atoms with Crippen LogP contribution in [-0.2, 0) is 11.3 Å². The Bertz CT molecular complexity index is 401. The first-order valence-electron chi connectivity index (χ1n) is 5.91. The van der Waals surface area contributed by atoms with Gasteiger partial charge in [-0.3, -0.25) is 4.79 Å². The molecule has 0 saturated heterocycles. The second-order valence-corrected chi connectivity index (χ2v) is 4.10. The van der Waals surface area contributed by atoms with Crippen molar-refractivity contribution in [3.8, 4) is 0 Å². The Hall–Kier alpha value is -1.88. The normalized spacial score (nSPS) is 10.2. The van der Waals surface area contributed by atoms with Crippen molar-refractivity contribution >= 4 is 11.9 Å². The molecule has 1 aromatic rings. The molecule has 0 aliphatic carbocycles. The number of hydrogen-bond acceptors (Lipinski definition) is 3. The van der Waals surface area contributed by atoms with Crippen LogP contribution in [-0.4, -0.2) is 23.5 Å². The summed E-state index contributed by atoms with van der Waals surface area (Å²) in [7, 11) is 0. The second kappa shape index (κ2) is 7.45. The number of amides is 1. The van der Waals surface area contributed by atoms with Crippen LogP contribution in [0, 0.1) is 0 Å². The van der Waals surface area contributed by atoms with E-state index in [-0.39, 0.29) is 5.91 Å². The molecule has 1 aromatic carbocycles. The van der Waals surface area contributed by atoms with Crippen LogP contribution in [0.25, 0.3) is 0 Å². The molecule has 0 aromatic heterocycles. The molecular formula is C13H18N2O3. The maximum atomic E-state index is 10.6. The summed E-state index contributed by atoms with van der Waals surface area (Å²) in [5.74, 6) is -1.18. The zero-order chi connectivity index (χ0) is 13.4. The molecule has 0 aliphatic rings. The van der Waals surface area contributed by atoms with Crippen molar-refractivity contribution in [2.24, 2.45) is 5.73 Å². The molecule has 0 atom stereocenters. The molecule has 98 valence electrons. The van der Waals surface area contributed by atoms with Gasteiger partial charge in [-0.15, -0.1) is 0 Å². The molecular weight excluding hydrogens is 232 g/mol. The highest BCUT2D eigenvalue weighted by atomic mass is 16.4. The highest BCUT2D eigenvalue weighted by molar-refractivity contribution is 5.87. The Balaban J connectivity index is 2.19. The van der Waals surface area contributed by atoms with E-state index in [9.17, 15) is 9.59 Å². The number of carboxylic acid groups (broad SMARTS) is 1. The molecule has 5 heteroatoms. The second-order valence-electron chi connectivity index (χ2n) is 4.10. The third-order valence-electron chi connectivity index (χ3n) is 2.56. The Morgan fingerprint density at radius 3 is 2.39 bits per heavy atom. The third kappa shape index (κ3) is 5.45. The van der Waals surface area contributed by atoms with Crippen LogP contribution < -0.4 is 11.1 Å². The van der Waals surface area contributed by atoms with Gasteiger partial charge in [0.1, 0.15) is 0 Å². The predicted octanol–water partition coefficient (Wildman–Crippen LogP) is 1.13. The monoisotopic (exact) mass is 250 g/mol. The van der Waals surface area contributed by atoms with Crippen LogP contribution in [0.4, 0.5) is 0 Å². The summed E-state index contributed by atoms with van der Waals surface area (Å²) in [5, 5.41) is 12.0. The number of benzene rings is 1. The highest BCUT2D eigenvalue weighted by Gasteiger charge is 2.01. The van der Waals surface area contributed by atoms with Crippen molar-refractivity contribution in [2.75, 3.05) is 6.54 Å². The van der Waals surface area contributed by atoms with Gasteiger partial charge in [0.25, 0.3) is 0 Å². The molecule has 18 heavy (non-hydrogen) atoms. The fourth-order valence-corrected chi connectivity index (χ4v) is 1.55. The van der Waals surface area contributed by atoms with Gasteiger partial charge in [0.15, 0.2) is 0 Å². The quantitative estimate of drug-likeness (QED) is 0.603. The largest absolute Gasteiger partial charge is 0.478 e. The van der Waals surface area contributed by atoms with Crippen LogP contribution in [0.1, 0.15) is 35.2 Å². The summed E-state index contributed by atoms with van der Waals surface area (Å²) >= 11 is 0. The molecule has 0 saturated carbocycles. The van der Waals surface area contributed by atoms with Crippen LogP contribution in [0.2, 0.25) is 0 Å². The van der Waals surface area contributed by atoms with E-state index in [2.05, 4.69) is 5.32 Å². The minimum atomic E-state index is -0.916. The van der Waals surface area contributed by atoms with E-state index in [4.69, 9.17) is 10.8 Å². The average Bonchev–Trinajstić information content (AvgIpc) is 2.34. The molecule has 0 heterocycles.